The van der Waals surface area contributed by atoms with Crippen LogP contribution >= 0.6 is 0 Å². The molecule has 0 aromatic carbocycles. The summed E-state index contributed by atoms with van der Waals surface area (Å²) in [5.74, 6) is 0.935. The standard InChI is InChI=1S/C18H28N4O3/c1-13(23)20-15-12-22(11-14(15)17-19-8-9-21(17)2)16(24)10-18(25-3)6-4-5-7-18/h8-9,14-15H,4-7,10-12H2,1-3H3,(H,20,23)/t14-,15-/m1/s1. The van der Waals surface area contributed by atoms with Gasteiger partial charge in [-0.2, -0.15) is 0 Å². The van der Waals surface area contributed by atoms with Crippen LogP contribution in [0.3, 0.4) is 0 Å². The molecule has 7 heteroatoms. The van der Waals surface area contributed by atoms with Gasteiger partial charge in [-0.1, -0.05) is 12.8 Å². The van der Waals surface area contributed by atoms with Gasteiger partial charge in [0.05, 0.1) is 24.0 Å². The topological polar surface area (TPSA) is 76.5 Å². The lowest BCUT2D eigenvalue weighted by Gasteiger charge is -2.29. The predicted molar refractivity (Wildman–Crippen MR) is 93.0 cm³/mol. The van der Waals surface area contributed by atoms with Crippen LogP contribution in [-0.4, -0.2) is 58.1 Å². The maximum absolute atomic E-state index is 12.9. The third-order valence-electron chi connectivity index (χ3n) is 5.67. The molecule has 25 heavy (non-hydrogen) atoms. The molecular formula is C18H28N4O3. The summed E-state index contributed by atoms with van der Waals surface area (Å²) in [5.41, 5.74) is -0.304. The number of nitrogens with one attached hydrogen (secondary N) is 1. The van der Waals surface area contributed by atoms with Crippen LogP contribution in [0.1, 0.15) is 50.8 Å². The zero-order valence-electron chi connectivity index (χ0n) is 15.3. The second kappa shape index (κ2) is 7.15. The van der Waals surface area contributed by atoms with E-state index in [1.54, 1.807) is 13.3 Å². The van der Waals surface area contributed by atoms with Gasteiger partial charge in [0.15, 0.2) is 0 Å². The van der Waals surface area contributed by atoms with Gasteiger partial charge in [0.2, 0.25) is 11.8 Å². The predicted octanol–water partition coefficient (Wildman–Crippen LogP) is 1.20. The Morgan fingerprint density at radius 2 is 2.08 bits per heavy atom. The molecule has 1 aliphatic carbocycles. The van der Waals surface area contributed by atoms with Crippen molar-refractivity contribution in [2.45, 2.75) is 56.6 Å². The zero-order chi connectivity index (χ0) is 18.0. The van der Waals surface area contributed by atoms with E-state index in [0.717, 1.165) is 31.5 Å². The van der Waals surface area contributed by atoms with Crippen molar-refractivity contribution in [2.75, 3.05) is 20.2 Å². The average Bonchev–Trinajstić information content (AvgIpc) is 3.27. The first-order valence-corrected chi connectivity index (χ1v) is 9.01. The van der Waals surface area contributed by atoms with Gasteiger partial charge in [0, 0.05) is 46.6 Å². The summed E-state index contributed by atoms with van der Waals surface area (Å²) in [6.45, 7) is 2.61. The number of rotatable bonds is 5. The first-order valence-electron chi connectivity index (χ1n) is 9.01. The molecule has 2 amide bonds. The maximum atomic E-state index is 12.9. The number of imidazole rings is 1. The Balaban J connectivity index is 1.73. The van der Waals surface area contributed by atoms with Gasteiger partial charge in [-0.3, -0.25) is 9.59 Å². The monoisotopic (exact) mass is 348 g/mol. The minimum atomic E-state index is -0.304. The second-order valence-corrected chi connectivity index (χ2v) is 7.38. The number of likely N-dealkylation sites (tertiary alicyclic amines) is 1. The van der Waals surface area contributed by atoms with Crippen molar-refractivity contribution < 1.29 is 14.3 Å². The van der Waals surface area contributed by atoms with Gasteiger partial charge in [-0.15, -0.1) is 0 Å². The molecule has 1 aliphatic heterocycles. The summed E-state index contributed by atoms with van der Waals surface area (Å²) < 4.78 is 7.66. The number of aromatic nitrogens is 2. The lowest BCUT2D eigenvalue weighted by atomic mass is 9.97. The molecule has 0 spiro atoms. The number of hydrogen-bond donors (Lipinski definition) is 1. The molecule has 2 fully saturated rings. The van der Waals surface area contributed by atoms with Crippen molar-refractivity contribution in [3.63, 3.8) is 0 Å². The van der Waals surface area contributed by atoms with Gasteiger partial charge in [-0.25, -0.2) is 4.98 Å². The quantitative estimate of drug-likeness (QED) is 0.867. The van der Waals surface area contributed by atoms with Crippen molar-refractivity contribution in [1.29, 1.82) is 0 Å². The Morgan fingerprint density at radius 3 is 2.64 bits per heavy atom. The van der Waals surface area contributed by atoms with Crippen LogP contribution in [0.25, 0.3) is 0 Å². The Kier molecular flexibility index (Phi) is 5.13. The number of carbonyl (C=O) groups is 2. The molecule has 2 atom stereocenters. The third kappa shape index (κ3) is 3.71. The highest BCUT2D eigenvalue weighted by Crippen LogP contribution is 2.37. The highest BCUT2D eigenvalue weighted by atomic mass is 16.5. The van der Waals surface area contributed by atoms with E-state index in [1.165, 1.54) is 6.92 Å². The van der Waals surface area contributed by atoms with E-state index in [9.17, 15) is 9.59 Å². The van der Waals surface area contributed by atoms with Gasteiger partial charge in [0.25, 0.3) is 0 Å². The van der Waals surface area contributed by atoms with Gasteiger partial charge >= 0.3 is 0 Å². The summed E-state index contributed by atoms with van der Waals surface area (Å²) in [6.07, 6.45) is 8.19. The van der Waals surface area contributed by atoms with E-state index in [-0.39, 0.29) is 29.4 Å². The van der Waals surface area contributed by atoms with Crippen molar-refractivity contribution in [3.05, 3.63) is 18.2 Å². The van der Waals surface area contributed by atoms with Crippen molar-refractivity contribution >= 4 is 11.8 Å². The minimum absolute atomic E-state index is 0.00919. The molecule has 0 radical (unpaired) electrons. The molecule has 1 aromatic heterocycles. The fraction of sp³-hybridized carbons (Fsp3) is 0.722. The number of nitrogens with zero attached hydrogens (tertiary/aromatic N) is 3. The van der Waals surface area contributed by atoms with E-state index < -0.39 is 0 Å². The Labute approximate surface area is 148 Å². The molecule has 138 valence electrons. The van der Waals surface area contributed by atoms with Gasteiger partial charge < -0.3 is 19.5 Å². The Morgan fingerprint density at radius 1 is 1.36 bits per heavy atom. The molecule has 1 N–H and O–H groups in total. The molecule has 1 aromatic rings. The SMILES string of the molecule is COC1(CC(=O)N2C[C@@H](NC(C)=O)[C@H](c3nccn3C)C2)CCCC1. The summed E-state index contributed by atoms with van der Waals surface area (Å²) in [4.78, 5) is 30.8. The van der Waals surface area contributed by atoms with Gasteiger partial charge in [-0.05, 0) is 12.8 Å². The fourth-order valence-electron chi connectivity index (χ4n) is 4.27. The molecule has 1 saturated heterocycles. The highest BCUT2D eigenvalue weighted by Gasteiger charge is 2.42. The summed E-state index contributed by atoms with van der Waals surface area (Å²) >= 11 is 0. The van der Waals surface area contributed by atoms with Crippen LogP contribution in [0.4, 0.5) is 0 Å². The van der Waals surface area contributed by atoms with Gasteiger partial charge in [0.1, 0.15) is 5.82 Å². The number of amides is 2. The van der Waals surface area contributed by atoms with Crippen molar-refractivity contribution in [1.82, 2.24) is 19.8 Å². The van der Waals surface area contributed by atoms with Crippen LogP contribution in [0.2, 0.25) is 0 Å². The number of carbonyl (C=O) groups excluding carboxylic acids is 2. The third-order valence-corrected chi connectivity index (χ3v) is 5.67. The molecule has 3 rings (SSSR count). The van der Waals surface area contributed by atoms with E-state index in [2.05, 4.69) is 10.3 Å². The van der Waals surface area contributed by atoms with Crippen molar-refractivity contribution in [2.24, 2.45) is 7.05 Å². The molecule has 1 saturated carbocycles. The van der Waals surface area contributed by atoms with E-state index in [0.29, 0.717) is 19.5 Å². The molecule has 2 aliphatic rings. The second-order valence-electron chi connectivity index (χ2n) is 7.38. The molecule has 0 bridgehead atoms. The maximum Gasteiger partial charge on any atom is 0.225 e. The van der Waals surface area contributed by atoms with E-state index in [1.807, 2.05) is 22.7 Å². The van der Waals surface area contributed by atoms with Crippen LogP contribution in [0.15, 0.2) is 12.4 Å². The van der Waals surface area contributed by atoms with Crippen molar-refractivity contribution in [3.8, 4) is 0 Å². The van der Waals surface area contributed by atoms with Crippen LogP contribution < -0.4 is 5.32 Å². The largest absolute Gasteiger partial charge is 0.378 e. The smallest absolute Gasteiger partial charge is 0.225 e. The average molecular weight is 348 g/mol. The highest BCUT2D eigenvalue weighted by molar-refractivity contribution is 5.78. The normalized spacial score (nSPS) is 25.3. The molecule has 0 unspecified atom stereocenters. The number of aryl methyl sites for hydroxylation is 1. The first kappa shape index (κ1) is 17.9. The summed E-state index contributed by atoms with van der Waals surface area (Å²) in [5, 5.41) is 2.99. The lowest BCUT2D eigenvalue weighted by Crippen LogP contribution is -2.41. The number of hydrogen-bond acceptors (Lipinski definition) is 4. The van der Waals surface area contributed by atoms with Crippen LogP contribution in [-0.2, 0) is 21.4 Å². The molecule has 7 nitrogen and oxygen atoms in total. The number of ether oxygens (including phenoxy) is 1. The van der Waals surface area contributed by atoms with E-state index >= 15 is 0 Å². The summed E-state index contributed by atoms with van der Waals surface area (Å²) in [7, 11) is 3.65. The molecule has 2 heterocycles. The number of methoxy groups -OCH3 is 1. The Hall–Kier alpha value is -1.89. The fourth-order valence-corrected chi connectivity index (χ4v) is 4.27. The zero-order valence-corrected chi connectivity index (χ0v) is 15.3. The summed E-state index contributed by atoms with van der Waals surface area (Å²) in [6, 6.07) is -0.107. The van der Waals surface area contributed by atoms with E-state index in [4.69, 9.17) is 4.74 Å². The van der Waals surface area contributed by atoms with Crippen LogP contribution in [0.5, 0.6) is 0 Å². The first-order chi connectivity index (χ1) is 11.9. The molecular weight excluding hydrogens is 320 g/mol. The minimum Gasteiger partial charge on any atom is -0.378 e. The lowest BCUT2D eigenvalue weighted by molar-refractivity contribution is -0.137. The van der Waals surface area contributed by atoms with Crippen LogP contribution in [0, 0.1) is 0 Å². The Bertz CT molecular complexity index is 636.